The molecule has 8 nitrogen and oxygen atoms in total. The Bertz CT molecular complexity index is 894. The molecule has 2 N–H and O–H groups in total. The number of nitrogens with zero attached hydrogens (tertiary/aromatic N) is 2. The molecule has 0 radical (unpaired) electrons. The zero-order valence-corrected chi connectivity index (χ0v) is 18.2. The van der Waals surface area contributed by atoms with E-state index >= 15 is 0 Å². The molecule has 0 amide bonds. The SMILES string of the molecule is O=S(=O)(c1cccc(S(=O)(=O)N2CCC(CCO)(CCO)CC2)c1)N1CCCC1. The van der Waals surface area contributed by atoms with Gasteiger partial charge in [-0.1, -0.05) is 6.07 Å². The van der Waals surface area contributed by atoms with E-state index in [9.17, 15) is 27.0 Å². The smallest absolute Gasteiger partial charge is 0.243 e. The van der Waals surface area contributed by atoms with Crippen LogP contribution in [0.25, 0.3) is 0 Å². The lowest BCUT2D eigenvalue weighted by Gasteiger charge is -2.41. The monoisotopic (exact) mass is 446 g/mol. The molecule has 0 saturated carbocycles. The molecule has 29 heavy (non-hydrogen) atoms. The number of hydrogen-bond acceptors (Lipinski definition) is 6. The first-order valence-electron chi connectivity index (χ1n) is 10.1. The van der Waals surface area contributed by atoms with Gasteiger partial charge in [-0.3, -0.25) is 0 Å². The van der Waals surface area contributed by atoms with Crippen molar-refractivity contribution < 1.29 is 27.0 Å². The highest BCUT2D eigenvalue weighted by molar-refractivity contribution is 7.90. The van der Waals surface area contributed by atoms with E-state index in [0.29, 0.717) is 38.8 Å². The van der Waals surface area contributed by atoms with E-state index in [0.717, 1.165) is 12.8 Å². The van der Waals surface area contributed by atoms with Crippen molar-refractivity contribution in [3.63, 3.8) is 0 Å². The summed E-state index contributed by atoms with van der Waals surface area (Å²) in [7, 11) is -7.51. The molecular formula is C19H30N2O6S2. The van der Waals surface area contributed by atoms with E-state index < -0.39 is 20.0 Å². The molecule has 2 heterocycles. The number of sulfonamides is 2. The molecule has 2 aliphatic rings. The second kappa shape index (κ2) is 8.99. The molecule has 1 aromatic rings. The third kappa shape index (κ3) is 4.67. The molecule has 10 heteroatoms. The number of hydrogen-bond donors (Lipinski definition) is 2. The summed E-state index contributed by atoms with van der Waals surface area (Å²) in [6.07, 6.45) is 3.80. The fourth-order valence-corrected chi connectivity index (χ4v) is 7.45. The molecule has 3 rings (SSSR count). The first-order valence-corrected chi connectivity index (χ1v) is 13.0. The van der Waals surface area contributed by atoms with Gasteiger partial charge in [0.05, 0.1) is 9.79 Å². The second-order valence-corrected chi connectivity index (χ2v) is 11.8. The fourth-order valence-electron chi connectivity index (χ4n) is 4.32. The van der Waals surface area contributed by atoms with Gasteiger partial charge in [0.25, 0.3) is 0 Å². The zero-order chi connectivity index (χ0) is 21.1. The molecule has 2 aliphatic heterocycles. The highest BCUT2D eigenvalue weighted by Crippen LogP contribution is 2.39. The number of rotatable bonds is 8. The quantitative estimate of drug-likeness (QED) is 0.616. The predicted molar refractivity (Wildman–Crippen MR) is 108 cm³/mol. The Labute approximate surface area is 173 Å². The van der Waals surface area contributed by atoms with Crippen LogP contribution in [-0.4, -0.2) is 75.1 Å². The maximum atomic E-state index is 13.1. The summed E-state index contributed by atoms with van der Waals surface area (Å²) in [4.78, 5) is -0.0121. The lowest BCUT2D eigenvalue weighted by molar-refractivity contribution is 0.0782. The van der Waals surface area contributed by atoms with Crippen LogP contribution in [0, 0.1) is 5.41 Å². The van der Waals surface area contributed by atoms with Crippen LogP contribution in [0.15, 0.2) is 34.1 Å². The molecule has 2 saturated heterocycles. The average molecular weight is 447 g/mol. The third-order valence-corrected chi connectivity index (χ3v) is 10.0. The molecule has 2 fully saturated rings. The van der Waals surface area contributed by atoms with E-state index in [1.807, 2.05) is 0 Å². The Kier molecular flexibility index (Phi) is 7.02. The summed E-state index contributed by atoms with van der Waals surface area (Å²) in [5.41, 5.74) is -0.254. The van der Waals surface area contributed by atoms with Gasteiger partial charge in [0.1, 0.15) is 0 Å². The normalized spacial score (nSPS) is 21.4. The highest BCUT2D eigenvalue weighted by atomic mass is 32.2. The van der Waals surface area contributed by atoms with Crippen molar-refractivity contribution in [2.45, 2.75) is 48.3 Å². The van der Waals surface area contributed by atoms with Crippen molar-refractivity contribution in [3.05, 3.63) is 24.3 Å². The Morgan fingerprint density at radius 1 is 0.793 bits per heavy atom. The fraction of sp³-hybridized carbons (Fsp3) is 0.684. The van der Waals surface area contributed by atoms with Crippen LogP contribution < -0.4 is 0 Å². The van der Waals surface area contributed by atoms with Crippen molar-refractivity contribution in [3.8, 4) is 0 Å². The van der Waals surface area contributed by atoms with Gasteiger partial charge in [-0.2, -0.15) is 8.61 Å². The number of benzene rings is 1. The van der Waals surface area contributed by atoms with Gasteiger partial charge in [0.2, 0.25) is 20.0 Å². The Morgan fingerprint density at radius 3 is 1.69 bits per heavy atom. The Balaban J connectivity index is 1.80. The van der Waals surface area contributed by atoms with Crippen LogP contribution in [0.5, 0.6) is 0 Å². The van der Waals surface area contributed by atoms with Gasteiger partial charge in [-0.15, -0.1) is 0 Å². The van der Waals surface area contributed by atoms with Crippen LogP contribution in [0.3, 0.4) is 0 Å². The van der Waals surface area contributed by atoms with Crippen LogP contribution in [-0.2, 0) is 20.0 Å². The van der Waals surface area contributed by atoms with E-state index in [4.69, 9.17) is 0 Å². The molecular weight excluding hydrogens is 416 g/mol. The van der Waals surface area contributed by atoms with E-state index in [1.54, 1.807) is 0 Å². The predicted octanol–water partition coefficient (Wildman–Crippen LogP) is 1.01. The lowest BCUT2D eigenvalue weighted by atomic mass is 9.74. The summed E-state index contributed by atoms with van der Waals surface area (Å²) in [5.74, 6) is 0. The first-order chi connectivity index (χ1) is 13.7. The topological polar surface area (TPSA) is 115 Å². The minimum atomic E-state index is -3.82. The molecule has 164 valence electrons. The molecule has 0 bridgehead atoms. The van der Waals surface area contributed by atoms with Crippen LogP contribution in [0.4, 0.5) is 0 Å². The van der Waals surface area contributed by atoms with Crippen molar-refractivity contribution in [2.24, 2.45) is 5.41 Å². The summed E-state index contributed by atoms with van der Waals surface area (Å²) < 4.78 is 54.6. The van der Waals surface area contributed by atoms with Gasteiger partial charge < -0.3 is 10.2 Å². The Hall–Kier alpha value is -1.04. The maximum Gasteiger partial charge on any atom is 0.243 e. The standard InChI is InChI=1S/C19H30N2O6S2/c22-14-8-19(9-15-23)6-12-21(13-7-19)29(26,27)18-5-3-4-17(16-18)28(24,25)20-10-1-2-11-20/h3-5,16,22-23H,1-2,6-15H2. The summed E-state index contributed by atoms with van der Waals surface area (Å²) in [6.45, 7) is 1.50. The van der Waals surface area contributed by atoms with Gasteiger partial charge in [0, 0.05) is 39.4 Å². The molecule has 0 aromatic heterocycles. The van der Waals surface area contributed by atoms with E-state index in [1.165, 1.54) is 32.9 Å². The number of aliphatic hydroxyl groups is 2. The van der Waals surface area contributed by atoms with Crippen molar-refractivity contribution in [2.75, 3.05) is 39.4 Å². The van der Waals surface area contributed by atoms with Crippen molar-refractivity contribution in [1.82, 2.24) is 8.61 Å². The van der Waals surface area contributed by atoms with Gasteiger partial charge in [-0.25, -0.2) is 16.8 Å². The van der Waals surface area contributed by atoms with Crippen molar-refractivity contribution >= 4 is 20.0 Å². The average Bonchev–Trinajstić information content (AvgIpc) is 3.25. The maximum absolute atomic E-state index is 13.1. The summed E-state index contributed by atoms with van der Waals surface area (Å²) >= 11 is 0. The largest absolute Gasteiger partial charge is 0.396 e. The van der Waals surface area contributed by atoms with Crippen molar-refractivity contribution in [1.29, 1.82) is 0 Å². The third-order valence-electron chi connectivity index (χ3n) is 6.21. The van der Waals surface area contributed by atoms with Crippen LogP contribution >= 0.6 is 0 Å². The zero-order valence-electron chi connectivity index (χ0n) is 16.5. The van der Waals surface area contributed by atoms with E-state index in [-0.39, 0.29) is 41.5 Å². The molecule has 0 spiro atoms. The minimum Gasteiger partial charge on any atom is -0.396 e. The van der Waals surface area contributed by atoms with Gasteiger partial charge in [0.15, 0.2) is 0 Å². The lowest BCUT2D eigenvalue weighted by Crippen LogP contribution is -2.43. The van der Waals surface area contributed by atoms with Gasteiger partial charge >= 0.3 is 0 Å². The second-order valence-electron chi connectivity index (χ2n) is 7.94. The molecule has 0 aliphatic carbocycles. The highest BCUT2D eigenvalue weighted by Gasteiger charge is 2.38. The van der Waals surface area contributed by atoms with Crippen LogP contribution in [0.1, 0.15) is 38.5 Å². The summed E-state index contributed by atoms with van der Waals surface area (Å²) in [5, 5.41) is 18.7. The molecule has 0 atom stereocenters. The molecule has 0 unspecified atom stereocenters. The molecule has 1 aromatic carbocycles. The Morgan fingerprint density at radius 2 is 1.24 bits per heavy atom. The number of piperidine rings is 1. The first kappa shape index (κ1) is 22.6. The summed E-state index contributed by atoms with van der Waals surface area (Å²) in [6, 6.07) is 5.60. The van der Waals surface area contributed by atoms with Gasteiger partial charge in [-0.05, 0) is 62.1 Å². The van der Waals surface area contributed by atoms with Crippen LogP contribution in [0.2, 0.25) is 0 Å². The number of aliphatic hydroxyl groups excluding tert-OH is 2. The minimum absolute atomic E-state index is 0.00313. The van der Waals surface area contributed by atoms with E-state index in [2.05, 4.69) is 0 Å².